The predicted octanol–water partition coefficient (Wildman–Crippen LogP) is 3.05. The van der Waals surface area contributed by atoms with Crippen LogP contribution in [0.1, 0.15) is 43.6 Å². The van der Waals surface area contributed by atoms with Gasteiger partial charge in [-0.2, -0.15) is 5.10 Å². The van der Waals surface area contributed by atoms with Crippen LogP contribution in [0.5, 0.6) is 0 Å². The summed E-state index contributed by atoms with van der Waals surface area (Å²) in [4.78, 5) is 29.4. The molecule has 0 spiro atoms. The van der Waals surface area contributed by atoms with Crippen LogP contribution in [0.3, 0.4) is 0 Å². The van der Waals surface area contributed by atoms with Crippen molar-refractivity contribution in [3.8, 4) is 0 Å². The Morgan fingerprint density at radius 2 is 2.24 bits per heavy atom. The monoisotopic (exact) mass is 454 g/mol. The normalized spacial score (nSPS) is 16.6. The summed E-state index contributed by atoms with van der Waals surface area (Å²) < 4.78 is 14.5. The van der Waals surface area contributed by atoms with Crippen molar-refractivity contribution in [2.75, 3.05) is 24.4 Å². The topological polar surface area (TPSA) is 112 Å². The van der Waals surface area contributed by atoms with Gasteiger partial charge in [0.25, 0.3) is 0 Å². The Labute approximate surface area is 192 Å². The highest BCUT2D eigenvalue weighted by atomic mass is 16.5. The summed E-state index contributed by atoms with van der Waals surface area (Å²) >= 11 is 0. The lowest BCUT2D eigenvalue weighted by Gasteiger charge is -2.16. The number of esters is 1. The molecule has 0 aromatic carbocycles. The van der Waals surface area contributed by atoms with Crippen molar-refractivity contribution in [2.45, 2.75) is 58.3 Å². The first-order valence-electron chi connectivity index (χ1n) is 11.2. The zero-order chi connectivity index (χ0) is 23.4. The number of ether oxygens (including phenoxy) is 2. The molecule has 3 aromatic rings. The van der Waals surface area contributed by atoms with Crippen molar-refractivity contribution in [1.29, 1.82) is 0 Å². The molecular formula is C23H30N6O4. The molecule has 33 heavy (non-hydrogen) atoms. The van der Waals surface area contributed by atoms with Crippen LogP contribution >= 0.6 is 0 Å². The van der Waals surface area contributed by atoms with Crippen molar-refractivity contribution < 1.29 is 19.1 Å². The summed E-state index contributed by atoms with van der Waals surface area (Å²) in [5.74, 6) is -0.806. The minimum absolute atomic E-state index is 0.0175. The SMILES string of the molecule is COC(=O)c1c(NC(C)=O)c2cc(N[C@@H](C)CCn3cccn3)cnc2n1C[C@@H]1CCCO1. The van der Waals surface area contributed by atoms with E-state index in [0.29, 0.717) is 29.9 Å². The third kappa shape index (κ3) is 5.16. The molecule has 4 heterocycles. The number of rotatable bonds is 9. The second-order valence-corrected chi connectivity index (χ2v) is 8.34. The van der Waals surface area contributed by atoms with E-state index in [0.717, 1.165) is 31.5 Å². The molecule has 10 heteroatoms. The Morgan fingerprint density at radius 3 is 2.91 bits per heavy atom. The van der Waals surface area contributed by atoms with E-state index in [1.165, 1.54) is 14.0 Å². The molecular weight excluding hydrogens is 424 g/mol. The van der Waals surface area contributed by atoms with Crippen molar-refractivity contribution in [2.24, 2.45) is 0 Å². The summed E-state index contributed by atoms with van der Waals surface area (Å²) in [6.07, 6.45) is 8.18. The number of carbonyl (C=O) groups excluding carboxylic acids is 2. The first-order chi connectivity index (χ1) is 16.0. The lowest BCUT2D eigenvalue weighted by molar-refractivity contribution is -0.114. The minimum Gasteiger partial charge on any atom is -0.464 e. The Hall–Kier alpha value is -3.40. The molecule has 1 aliphatic rings. The van der Waals surface area contributed by atoms with Gasteiger partial charge in [0.15, 0.2) is 5.69 Å². The molecule has 1 fully saturated rings. The number of nitrogens with one attached hydrogen (secondary N) is 2. The number of pyridine rings is 1. The molecule has 1 saturated heterocycles. The number of methoxy groups -OCH3 is 1. The largest absolute Gasteiger partial charge is 0.464 e. The third-order valence-corrected chi connectivity index (χ3v) is 5.75. The van der Waals surface area contributed by atoms with Gasteiger partial charge in [-0.15, -0.1) is 0 Å². The molecule has 176 valence electrons. The number of amides is 1. The Balaban J connectivity index is 1.67. The van der Waals surface area contributed by atoms with Crippen LogP contribution in [0.4, 0.5) is 11.4 Å². The second kappa shape index (κ2) is 10.0. The van der Waals surface area contributed by atoms with Crippen LogP contribution in [-0.2, 0) is 27.4 Å². The van der Waals surface area contributed by atoms with Gasteiger partial charge in [-0.3, -0.25) is 9.48 Å². The summed E-state index contributed by atoms with van der Waals surface area (Å²) in [5.41, 5.74) is 2.08. The molecule has 0 radical (unpaired) electrons. The molecule has 4 rings (SSSR count). The number of aromatic nitrogens is 4. The summed E-state index contributed by atoms with van der Waals surface area (Å²) in [6, 6.07) is 3.97. The number of fused-ring (bicyclic) bond motifs is 1. The maximum Gasteiger partial charge on any atom is 0.356 e. The number of nitrogens with zero attached hydrogens (tertiary/aromatic N) is 4. The molecule has 2 N–H and O–H groups in total. The number of carbonyl (C=O) groups is 2. The first-order valence-corrected chi connectivity index (χ1v) is 11.2. The quantitative estimate of drug-likeness (QED) is 0.478. The van der Waals surface area contributed by atoms with Gasteiger partial charge in [0.1, 0.15) is 5.65 Å². The number of hydrogen-bond donors (Lipinski definition) is 2. The molecule has 3 aromatic heterocycles. The molecule has 0 aliphatic carbocycles. The number of aryl methyl sites for hydroxylation is 1. The number of anilines is 2. The zero-order valence-electron chi connectivity index (χ0n) is 19.2. The van der Waals surface area contributed by atoms with E-state index in [1.54, 1.807) is 17.0 Å². The zero-order valence-corrected chi connectivity index (χ0v) is 19.2. The molecule has 2 atom stereocenters. The fraction of sp³-hybridized carbons (Fsp3) is 0.478. The van der Waals surface area contributed by atoms with E-state index in [4.69, 9.17) is 9.47 Å². The Kier molecular flexibility index (Phi) is 6.93. The van der Waals surface area contributed by atoms with E-state index < -0.39 is 5.97 Å². The smallest absolute Gasteiger partial charge is 0.356 e. The van der Waals surface area contributed by atoms with Crippen LogP contribution in [-0.4, -0.2) is 57.1 Å². The lowest BCUT2D eigenvalue weighted by Crippen LogP contribution is -2.21. The average molecular weight is 455 g/mol. The second-order valence-electron chi connectivity index (χ2n) is 8.34. The van der Waals surface area contributed by atoms with E-state index in [2.05, 4.69) is 27.6 Å². The lowest BCUT2D eigenvalue weighted by atomic mass is 10.2. The fourth-order valence-electron chi connectivity index (χ4n) is 4.20. The average Bonchev–Trinajstić information content (AvgIpc) is 3.54. The van der Waals surface area contributed by atoms with Crippen LogP contribution < -0.4 is 10.6 Å². The van der Waals surface area contributed by atoms with Gasteiger partial charge < -0.3 is 24.7 Å². The molecule has 0 unspecified atom stereocenters. The molecule has 1 aliphatic heterocycles. The van der Waals surface area contributed by atoms with E-state index in [9.17, 15) is 9.59 Å². The summed E-state index contributed by atoms with van der Waals surface area (Å²) in [6.45, 7) is 5.45. The fourth-order valence-corrected chi connectivity index (χ4v) is 4.20. The van der Waals surface area contributed by atoms with Crippen LogP contribution in [0.15, 0.2) is 30.7 Å². The van der Waals surface area contributed by atoms with E-state index in [1.807, 2.05) is 23.0 Å². The minimum atomic E-state index is -0.531. The molecule has 0 bridgehead atoms. The van der Waals surface area contributed by atoms with Gasteiger partial charge >= 0.3 is 5.97 Å². The molecule has 0 saturated carbocycles. The first kappa shape index (κ1) is 22.8. The highest BCUT2D eigenvalue weighted by Gasteiger charge is 2.28. The van der Waals surface area contributed by atoms with Crippen LogP contribution in [0, 0.1) is 0 Å². The maximum absolute atomic E-state index is 12.8. The van der Waals surface area contributed by atoms with Crippen molar-refractivity contribution in [1.82, 2.24) is 19.3 Å². The molecule has 10 nitrogen and oxygen atoms in total. The summed E-state index contributed by atoms with van der Waals surface area (Å²) in [5, 5.41) is 11.2. The molecule has 1 amide bonds. The van der Waals surface area contributed by atoms with E-state index >= 15 is 0 Å². The van der Waals surface area contributed by atoms with Gasteiger partial charge in [0, 0.05) is 43.9 Å². The maximum atomic E-state index is 12.8. The van der Waals surface area contributed by atoms with Gasteiger partial charge in [-0.25, -0.2) is 9.78 Å². The van der Waals surface area contributed by atoms with Gasteiger partial charge in [-0.1, -0.05) is 0 Å². The van der Waals surface area contributed by atoms with Crippen molar-refractivity contribution in [3.63, 3.8) is 0 Å². The number of hydrogen-bond acceptors (Lipinski definition) is 7. The van der Waals surface area contributed by atoms with Crippen LogP contribution in [0.25, 0.3) is 11.0 Å². The van der Waals surface area contributed by atoms with Gasteiger partial charge in [0.05, 0.1) is 37.3 Å². The predicted molar refractivity (Wildman–Crippen MR) is 124 cm³/mol. The van der Waals surface area contributed by atoms with Crippen LogP contribution in [0.2, 0.25) is 0 Å². The van der Waals surface area contributed by atoms with Gasteiger partial charge in [0.2, 0.25) is 5.91 Å². The summed E-state index contributed by atoms with van der Waals surface area (Å²) in [7, 11) is 1.33. The highest BCUT2D eigenvalue weighted by Crippen LogP contribution is 2.34. The van der Waals surface area contributed by atoms with Gasteiger partial charge in [-0.05, 0) is 38.3 Å². The van der Waals surface area contributed by atoms with Crippen molar-refractivity contribution >= 4 is 34.3 Å². The standard InChI is InChI=1S/C23H30N6O4/c1-15(7-10-28-9-5-8-25-28)26-17-12-19-20(27-16(2)30)21(23(31)32-3)29(22(19)24-13-17)14-18-6-4-11-33-18/h5,8-9,12-13,15,18,26H,4,6-7,10-11,14H2,1-3H3,(H,27,30)/t15-,18-/m0/s1. The highest BCUT2D eigenvalue weighted by molar-refractivity contribution is 6.10. The van der Waals surface area contributed by atoms with E-state index in [-0.39, 0.29) is 23.7 Å². The Morgan fingerprint density at radius 1 is 1.39 bits per heavy atom. The Bertz CT molecular complexity index is 1120. The van der Waals surface area contributed by atoms with Crippen molar-refractivity contribution in [3.05, 3.63) is 36.4 Å². The third-order valence-electron chi connectivity index (χ3n) is 5.75.